The monoisotopic (exact) mass is 486 g/mol. The number of alkyl halides is 3. The number of thiophene rings is 1. The van der Waals surface area contributed by atoms with Gasteiger partial charge in [-0.1, -0.05) is 0 Å². The van der Waals surface area contributed by atoms with E-state index in [1.807, 2.05) is 11.8 Å². The SMILES string of the molecule is Cc1ccc(C2CCCN2C(=O)Nc2cn3cc(-c4cnc(N)c(C(F)(F)F)c4)ccc3n2)s1. The summed E-state index contributed by atoms with van der Waals surface area (Å²) in [5.41, 5.74) is 5.75. The lowest BCUT2D eigenvalue weighted by molar-refractivity contribution is -0.137. The molecule has 176 valence electrons. The second-order valence-corrected chi connectivity index (χ2v) is 9.51. The van der Waals surface area contributed by atoms with E-state index in [0.717, 1.165) is 18.9 Å². The Morgan fingerprint density at radius 2 is 2.03 bits per heavy atom. The maximum atomic E-state index is 13.2. The van der Waals surface area contributed by atoms with Gasteiger partial charge in [0, 0.05) is 39.8 Å². The van der Waals surface area contributed by atoms with E-state index in [9.17, 15) is 18.0 Å². The standard InChI is InChI=1S/C23H21F3N6OS/c1-13-4-6-18(34-13)17-3-2-8-32(17)22(33)30-19-12-31-11-14(5-7-20(31)29-19)15-9-16(23(24,25)26)21(27)28-10-15/h4-7,9-12,17H,2-3,8H2,1H3,(H2,27,28)(H,30,33). The van der Waals surface area contributed by atoms with Crippen LogP contribution in [-0.4, -0.2) is 31.8 Å². The third-order valence-electron chi connectivity index (χ3n) is 5.85. The van der Waals surface area contributed by atoms with Gasteiger partial charge in [-0.25, -0.2) is 14.8 Å². The largest absolute Gasteiger partial charge is 0.419 e. The fraction of sp³-hybridized carbons (Fsp3) is 0.261. The number of hydrogen-bond donors (Lipinski definition) is 2. The number of rotatable bonds is 3. The number of nitrogens with two attached hydrogens (primary N) is 1. The van der Waals surface area contributed by atoms with E-state index < -0.39 is 17.6 Å². The number of nitrogens with zero attached hydrogens (tertiary/aromatic N) is 4. The number of amides is 2. The first-order chi connectivity index (χ1) is 16.2. The van der Waals surface area contributed by atoms with Crippen LogP contribution in [-0.2, 0) is 6.18 Å². The van der Waals surface area contributed by atoms with Gasteiger partial charge in [-0.15, -0.1) is 11.3 Å². The lowest BCUT2D eigenvalue weighted by atomic mass is 10.1. The highest BCUT2D eigenvalue weighted by molar-refractivity contribution is 7.12. The summed E-state index contributed by atoms with van der Waals surface area (Å²) < 4.78 is 41.3. The molecule has 1 atom stereocenters. The molecule has 2 amide bonds. The minimum atomic E-state index is -4.60. The molecule has 5 rings (SSSR count). The summed E-state index contributed by atoms with van der Waals surface area (Å²) >= 11 is 1.69. The van der Waals surface area contributed by atoms with Crippen molar-refractivity contribution in [3.63, 3.8) is 0 Å². The molecule has 1 saturated heterocycles. The Hall–Kier alpha value is -3.60. The predicted molar refractivity (Wildman–Crippen MR) is 125 cm³/mol. The molecular weight excluding hydrogens is 465 g/mol. The fourth-order valence-corrected chi connectivity index (χ4v) is 5.23. The minimum absolute atomic E-state index is 0.0446. The molecule has 1 unspecified atom stereocenters. The topological polar surface area (TPSA) is 88.5 Å². The molecule has 34 heavy (non-hydrogen) atoms. The number of nitrogen functional groups attached to an aromatic ring is 1. The summed E-state index contributed by atoms with van der Waals surface area (Å²) in [4.78, 5) is 25.3. The van der Waals surface area contributed by atoms with Gasteiger partial charge in [0.25, 0.3) is 0 Å². The molecule has 0 aliphatic carbocycles. The van der Waals surface area contributed by atoms with Crippen LogP contribution in [0.1, 0.15) is 34.2 Å². The van der Waals surface area contributed by atoms with Gasteiger partial charge in [-0.3, -0.25) is 5.32 Å². The Morgan fingerprint density at radius 1 is 1.21 bits per heavy atom. The fourth-order valence-electron chi connectivity index (χ4n) is 4.20. The van der Waals surface area contributed by atoms with Crippen LogP contribution >= 0.6 is 11.3 Å². The van der Waals surface area contributed by atoms with Crippen LogP contribution in [0.2, 0.25) is 0 Å². The van der Waals surface area contributed by atoms with E-state index in [1.165, 1.54) is 16.0 Å². The molecule has 4 aromatic heterocycles. The first kappa shape index (κ1) is 22.2. The van der Waals surface area contributed by atoms with Crippen molar-refractivity contribution in [3.8, 4) is 11.1 Å². The van der Waals surface area contributed by atoms with Crippen LogP contribution < -0.4 is 11.1 Å². The first-order valence-corrected chi connectivity index (χ1v) is 11.5. The molecule has 0 saturated carbocycles. The highest BCUT2D eigenvalue weighted by atomic mass is 32.1. The zero-order chi connectivity index (χ0) is 24.0. The van der Waals surface area contributed by atoms with Crippen molar-refractivity contribution in [1.29, 1.82) is 0 Å². The van der Waals surface area contributed by atoms with Crippen molar-refractivity contribution in [3.05, 3.63) is 64.2 Å². The van der Waals surface area contributed by atoms with Crippen LogP contribution in [0.4, 0.5) is 29.6 Å². The zero-order valence-electron chi connectivity index (χ0n) is 18.1. The summed E-state index contributed by atoms with van der Waals surface area (Å²) in [6.45, 7) is 2.71. The molecule has 0 bridgehead atoms. The van der Waals surface area contributed by atoms with Crippen LogP contribution in [0.3, 0.4) is 0 Å². The quantitative estimate of drug-likeness (QED) is 0.387. The molecule has 5 heterocycles. The van der Waals surface area contributed by atoms with Crippen LogP contribution in [0.25, 0.3) is 16.8 Å². The van der Waals surface area contributed by atoms with Gasteiger partial charge < -0.3 is 15.0 Å². The lowest BCUT2D eigenvalue weighted by Crippen LogP contribution is -2.34. The number of likely N-dealkylation sites (tertiary alicyclic amines) is 1. The maximum absolute atomic E-state index is 13.2. The normalized spacial score (nSPS) is 16.4. The van der Waals surface area contributed by atoms with Crippen molar-refractivity contribution in [2.45, 2.75) is 32.0 Å². The Labute approximate surface area is 197 Å². The van der Waals surface area contributed by atoms with Crippen molar-refractivity contribution in [2.24, 2.45) is 0 Å². The molecular formula is C23H21F3N6OS. The van der Waals surface area contributed by atoms with Gasteiger partial charge in [0.2, 0.25) is 0 Å². The second-order valence-electron chi connectivity index (χ2n) is 8.19. The van der Waals surface area contributed by atoms with Gasteiger partial charge in [-0.2, -0.15) is 13.2 Å². The number of carbonyl (C=O) groups excluding carboxylic acids is 1. The molecule has 1 fully saturated rings. The molecule has 1 aliphatic heterocycles. The van der Waals surface area contributed by atoms with Crippen molar-refractivity contribution in [2.75, 3.05) is 17.6 Å². The van der Waals surface area contributed by atoms with Gasteiger partial charge in [0.1, 0.15) is 11.5 Å². The molecule has 0 aromatic carbocycles. The number of aryl methyl sites for hydroxylation is 1. The first-order valence-electron chi connectivity index (χ1n) is 10.6. The Kier molecular flexibility index (Phi) is 5.43. The number of halogens is 3. The van der Waals surface area contributed by atoms with Crippen molar-refractivity contribution >= 4 is 34.7 Å². The average molecular weight is 487 g/mol. The third-order valence-corrected chi connectivity index (χ3v) is 6.95. The number of urea groups is 1. The summed E-state index contributed by atoms with van der Waals surface area (Å²) in [5, 5.41) is 2.86. The highest BCUT2D eigenvalue weighted by Crippen LogP contribution is 2.37. The predicted octanol–water partition coefficient (Wildman–Crippen LogP) is 5.74. The van der Waals surface area contributed by atoms with Gasteiger partial charge in [-0.05, 0) is 50.1 Å². The van der Waals surface area contributed by atoms with E-state index >= 15 is 0 Å². The Bertz CT molecular complexity index is 1380. The second kappa shape index (κ2) is 8.32. The van der Waals surface area contributed by atoms with Gasteiger partial charge >= 0.3 is 12.2 Å². The van der Waals surface area contributed by atoms with Crippen molar-refractivity contribution in [1.82, 2.24) is 19.3 Å². The number of anilines is 2. The zero-order valence-corrected chi connectivity index (χ0v) is 19.0. The van der Waals surface area contributed by atoms with E-state index in [0.29, 0.717) is 23.6 Å². The number of aromatic nitrogens is 3. The minimum Gasteiger partial charge on any atom is -0.383 e. The van der Waals surface area contributed by atoms with E-state index in [1.54, 1.807) is 40.3 Å². The number of imidazole rings is 1. The van der Waals surface area contributed by atoms with Crippen molar-refractivity contribution < 1.29 is 18.0 Å². The number of pyridine rings is 2. The maximum Gasteiger partial charge on any atom is 0.419 e. The summed E-state index contributed by atoms with van der Waals surface area (Å²) in [5.74, 6) is -0.204. The smallest absolute Gasteiger partial charge is 0.383 e. The molecule has 0 radical (unpaired) electrons. The van der Waals surface area contributed by atoms with E-state index in [4.69, 9.17) is 5.73 Å². The highest BCUT2D eigenvalue weighted by Gasteiger charge is 2.34. The molecule has 3 N–H and O–H groups in total. The van der Waals surface area contributed by atoms with E-state index in [2.05, 4.69) is 27.4 Å². The molecule has 0 spiro atoms. The van der Waals surface area contributed by atoms with Crippen LogP contribution in [0.15, 0.2) is 48.9 Å². The Morgan fingerprint density at radius 3 is 2.76 bits per heavy atom. The number of fused-ring (bicyclic) bond motifs is 1. The number of carbonyl (C=O) groups is 1. The van der Waals surface area contributed by atoms with Crippen LogP contribution in [0, 0.1) is 6.92 Å². The summed E-state index contributed by atoms with van der Waals surface area (Å²) in [6, 6.07) is 8.24. The average Bonchev–Trinajstić information content (AvgIpc) is 3.51. The molecule has 11 heteroatoms. The summed E-state index contributed by atoms with van der Waals surface area (Å²) in [7, 11) is 0. The summed E-state index contributed by atoms with van der Waals surface area (Å²) in [6.07, 6.45) is 1.81. The van der Waals surface area contributed by atoms with Gasteiger partial charge in [0.05, 0.1) is 17.8 Å². The molecule has 1 aliphatic rings. The van der Waals surface area contributed by atoms with E-state index in [-0.39, 0.29) is 17.6 Å². The molecule has 7 nitrogen and oxygen atoms in total. The number of hydrogen-bond acceptors (Lipinski definition) is 5. The lowest BCUT2D eigenvalue weighted by Gasteiger charge is -2.23. The van der Waals surface area contributed by atoms with Gasteiger partial charge in [0.15, 0.2) is 5.82 Å². The number of nitrogens with one attached hydrogen (secondary N) is 1. The Balaban J connectivity index is 1.38. The van der Waals surface area contributed by atoms with Crippen LogP contribution in [0.5, 0.6) is 0 Å². The third kappa shape index (κ3) is 4.18. The molecule has 4 aromatic rings.